The summed E-state index contributed by atoms with van der Waals surface area (Å²) in [5.41, 5.74) is 1.03. The Morgan fingerprint density at radius 1 is 1.35 bits per heavy atom. The number of benzene rings is 1. The van der Waals surface area contributed by atoms with Crippen LogP contribution in [0.15, 0.2) is 24.3 Å². The van der Waals surface area contributed by atoms with Crippen LogP contribution in [0.25, 0.3) is 0 Å². The molecule has 1 aliphatic rings. The van der Waals surface area contributed by atoms with Crippen molar-refractivity contribution >= 4 is 15.7 Å². The molecule has 0 unspecified atom stereocenters. The second-order valence-corrected chi connectivity index (χ2v) is 8.39. The predicted molar refractivity (Wildman–Crippen MR) is 90.3 cm³/mol. The Labute approximate surface area is 138 Å². The smallest absolute Gasteiger partial charge is 0.229 e. The quantitative estimate of drug-likeness (QED) is 0.794. The van der Waals surface area contributed by atoms with Crippen molar-refractivity contribution in [3.05, 3.63) is 29.8 Å². The van der Waals surface area contributed by atoms with Gasteiger partial charge in [0.2, 0.25) is 5.91 Å². The Morgan fingerprint density at radius 2 is 2.04 bits per heavy atom. The number of sulfone groups is 1. The van der Waals surface area contributed by atoms with Crippen molar-refractivity contribution < 1.29 is 17.9 Å². The van der Waals surface area contributed by atoms with Gasteiger partial charge < -0.3 is 9.64 Å². The van der Waals surface area contributed by atoms with E-state index < -0.39 is 9.84 Å². The lowest BCUT2D eigenvalue weighted by Gasteiger charge is -2.33. The maximum atomic E-state index is 12.8. The number of nitrogens with zero attached hydrogens (tertiary/aromatic N) is 1. The van der Waals surface area contributed by atoms with Crippen LogP contribution in [0.5, 0.6) is 5.75 Å². The van der Waals surface area contributed by atoms with Crippen LogP contribution < -0.4 is 4.74 Å². The fourth-order valence-corrected chi connectivity index (χ4v) is 4.13. The zero-order valence-electron chi connectivity index (χ0n) is 14.0. The minimum absolute atomic E-state index is 0.00719. The van der Waals surface area contributed by atoms with Crippen molar-refractivity contribution in [2.45, 2.75) is 33.2 Å². The molecule has 0 bridgehead atoms. The summed E-state index contributed by atoms with van der Waals surface area (Å²) < 4.78 is 29.3. The van der Waals surface area contributed by atoms with E-state index in [2.05, 4.69) is 0 Å². The van der Waals surface area contributed by atoms with Gasteiger partial charge in [0.1, 0.15) is 12.4 Å². The second-order valence-electron chi connectivity index (χ2n) is 5.99. The summed E-state index contributed by atoms with van der Waals surface area (Å²) in [6, 6.07) is 7.40. The molecule has 0 saturated carbocycles. The number of para-hydroxylation sites is 1. The van der Waals surface area contributed by atoms with Crippen LogP contribution in [0.4, 0.5) is 0 Å². The molecule has 5 nitrogen and oxygen atoms in total. The molecule has 0 aromatic heterocycles. The van der Waals surface area contributed by atoms with Crippen LogP contribution in [0.2, 0.25) is 0 Å². The van der Waals surface area contributed by atoms with Crippen LogP contribution in [0, 0.1) is 5.92 Å². The summed E-state index contributed by atoms with van der Waals surface area (Å²) >= 11 is 0. The Bertz CT molecular complexity index is 656. The molecule has 1 aromatic rings. The third-order valence-electron chi connectivity index (χ3n) is 4.32. The summed E-state index contributed by atoms with van der Waals surface area (Å²) in [5.74, 6) is 0.662. The van der Waals surface area contributed by atoms with Crippen LogP contribution in [-0.2, 0) is 21.1 Å². The molecule has 0 fully saturated rings. The zero-order valence-corrected chi connectivity index (χ0v) is 14.8. The van der Waals surface area contributed by atoms with Gasteiger partial charge in [-0.25, -0.2) is 8.42 Å². The summed E-state index contributed by atoms with van der Waals surface area (Å²) in [7, 11) is -3.11. The highest BCUT2D eigenvalue weighted by Gasteiger charge is 2.32. The van der Waals surface area contributed by atoms with E-state index in [-0.39, 0.29) is 29.4 Å². The molecule has 128 valence electrons. The molecule has 0 radical (unpaired) electrons. The van der Waals surface area contributed by atoms with Gasteiger partial charge in [0, 0.05) is 18.3 Å². The lowest BCUT2D eigenvalue weighted by atomic mass is 9.95. The normalized spacial score (nSPS) is 18.7. The number of rotatable bonds is 6. The number of hydrogen-bond donors (Lipinski definition) is 0. The Balaban J connectivity index is 2.09. The number of carbonyl (C=O) groups excluding carboxylic acids is 1. The topological polar surface area (TPSA) is 63.7 Å². The third kappa shape index (κ3) is 4.25. The van der Waals surface area contributed by atoms with Crippen LogP contribution >= 0.6 is 0 Å². The fourth-order valence-electron chi connectivity index (χ4n) is 2.98. The molecule has 0 spiro atoms. The molecular formula is C17H25NO4S. The van der Waals surface area contributed by atoms with E-state index in [0.29, 0.717) is 19.6 Å². The molecule has 23 heavy (non-hydrogen) atoms. The molecule has 2 atom stereocenters. The van der Waals surface area contributed by atoms with Crippen molar-refractivity contribution in [1.29, 1.82) is 0 Å². The van der Waals surface area contributed by atoms with Crippen molar-refractivity contribution in [2.75, 3.05) is 24.7 Å². The molecule has 1 heterocycles. The molecule has 1 aromatic carbocycles. The lowest BCUT2D eigenvalue weighted by Crippen LogP contribution is -2.47. The first kappa shape index (κ1) is 17.8. The highest BCUT2D eigenvalue weighted by molar-refractivity contribution is 7.91. The molecule has 0 N–H and O–H groups in total. The van der Waals surface area contributed by atoms with E-state index in [1.807, 2.05) is 31.2 Å². The van der Waals surface area contributed by atoms with E-state index >= 15 is 0 Å². The SMILES string of the molecule is CCN(C(=O)[C@@H]1COc2ccccc2C1)[C@H](C)CS(=O)(=O)CC. The first-order valence-corrected chi connectivity index (χ1v) is 9.91. The maximum absolute atomic E-state index is 12.8. The van der Waals surface area contributed by atoms with Crippen molar-refractivity contribution in [2.24, 2.45) is 5.92 Å². The monoisotopic (exact) mass is 339 g/mol. The molecule has 2 rings (SSSR count). The average molecular weight is 339 g/mol. The van der Waals surface area contributed by atoms with Crippen molar-refractivity contribution in [3.8, 4) is 5.75 Å². The van der Waals surface area contributed by atoms with Gasteiger partial charge in [-0.3, -0.25) is 4.79 Å². The summed E-state index contributed by atoms with van der Waals surface area (Å²) in [4.78, 5) is 14.5. The lowest BCUT2D eigenvalue weighted by molar-refractivity contribution is -0.138. The minimum atomic E-state index is -3.11. The molecular weight excluding hydrogens is 314 g/mol. The second kappa shape index (κ2) is 7.34. The predicted octanol–water partition coefficient (Wildman–Crippen LogP) is 1.91. The largest absolute Gasteiger partial charge is 0.492 e. The van der Waals surface area contributed by atoms with E-state index in [1.54, 1.807) is 18.7 Å². The van der Waals surface area contributed by atoms with Crippen LogP contribution in [0.3, 0.4) is 0 Å². The first-order chi connectivity index (χ1) is 10.9. The van der Waals surface area contributed by atoms with Crippen molar-refractivity contribution in [3.63, 3.8) is 0 Å². The van der Waals surface area contributed by atoms with Crippen LogP contribution in [-0.4, -0.2) is 49.9 Å². The van der Waals surface area contributed by atoms with Gasteiger partial charge in [0.25, 0.3) is 0 Å². The van der Waals surface area contributed by atoms with Gasteiger partial charge in [-0.1, -0.05) is 25.1 Å². The van der Waals surface area contributed by atoms with Gasteiger partial charge >= 0.3 is 0 Å². The van der Waals surface area contributed by atoms with Crippen molar-refractivity contribution in [1.82, 2.24) is 4.90 Å². The van der Waals surface area contributed by atoms with Gasteiger partial charge in [0.05, 0.1) is 11.7 Å². The van der Waals surface area contributed by atoms with Gasteiger partial charge in [-0.05, 0) is 31.9 Å². The van der Waals surface area contributed by atoms with E-state index in [0.717, 1.165) is 11.3 Å². The average Bonchev–Trinajstić information content (AvgIpc) is 2.54. The Kier molecular flexibility index (Phi) is 5.68. The van der Waals surface area contributed by atoms with Gasteiger partial charge in [0.15, 0.2) is 9.84 Å². The summed E-state index contributed by atoms with van der Waals surface area (Å²) in [6.45, 7) is 6.15. The minimum Gasteiger partial charge on any atom is -0.492 e. The number of fused-ring (bicyclic) bond motifs is 1. The van der Waals surface area contributed by atoms with E-state index in [4.69, 9.17) is 4.74 Å². The number of amides is 1. The molecule has 6 heteroatoms. The zero-order chi connectivity index (χ0) is 17.0. The highest BCUT2D eigenvalue weighted by atomic mass is 32.2. The molecule has 0 saturated heterocycles. The highest BCUT2D eigenvalue weighted by Crippen LogP contribution is 2.28. The Morgan fingerprint density at radius 3 is 2.70 bits per heavy atom. The third-order valence-corrected chi connectivity index (χ3v) is 6.19. The summed E-state index contributed by atoms with van der Waals surface area (Å²) in [5, 5.41) is 0. The van der Waals surface area contributed by atoms with Gasteiger partial charge in [-0.2, -0.15) is 0 Å². The van der Waals surface area contributed by atoms with E-state index in [1.165, 1.54) is 0 Å². The number of carbonyl (C=O) groups is 1. The number of ether oxygens (including phenoxy) is 1. The first-order valence-electron chi connectivity index (χ1n) is 8.09. The van der Waals surface area contributed by atoms with Gasteiger partial charge in [-0.15, -0.1) is 0 Å². The molecule has 1 amide bonds. The van der Waals surface area contributed by atoms with E-state index in [9.17, 15) is 13.2 Å². The maximum Gasteiger partial charge on any atom is 0.229 e. The molecule has 1 aliphatic heterocycles. The standard InChI is InChI=1S/C17H25NO4S/c1-4-18(13(3)12-23(20,21)5-2)17(19)15-10-14-8-6-7-9-16(14)22-11-15/h6-9,13,15H,4-5,10-12H2,1-3H3/t13-,15+/m1/s1. The van der Waals surface area contributed by atoms with Crippen LogP contribution in [0.1, 0.15) is 26.3 Å². The Hall–Kier alpha value is -1.56. The number of hydrogen-bond acceptors (Lipinski definition) is 4. The fraction of sp³-hybridized carbons (Fsp3) is 0.588. The molecule has 0 aliphatic carbocycles. The summed E-state index contributed by atoms with van der Waals surface area (Å²) in [6.07, 6.45) is 0.638.